The zero-order chi connectivity index (χ0) is 11.4. The Balaban J connectivity index is 2.04. The smallest absolute Gasteiger partial charge is 0.137 e. The molecular formula is C13H17ClO2. The van der Waals surface area contributed by atoms with Crippen LogP contribution in [-0.4, -0.2) is 17.0 Å². The van der Waals surface area contributed by atoms with E-state index < -0.39 is 0 Å². The van der Waals surface area contributed by atoms with Gasteiger partial charge < -0.3 is 5.11 Å². The van der Waals surface area contributed by atoms with Crippen molar-refractivity contribution in [3.05, 3.63) is 10.6 Å². The molecule has 0 spiro atoms. The molecule has 0 aliphatic heterocycles. The van der Waals surface area contributed by atoms with Gasteiger partial charge in [0, 0.05) is 23.3 Å². The molecule has 0 aromatic heterocycles. The fourth-order valence-corrected chi connectivity index (χ4v) is 4.62. The highest BCUT2D eigenvalue weighted by atomic mass is 35.5. The maximum Gasteiger partial charge on any atom is 0.137 e. The van der Waals surface area contributed by atoms with Crippen LogP contribution >= 0.6 is 11.6 Å². The van der Waals surface area contributed by atoms with Crippen LogP contribution in [0.15, 0.2) is 10.6 Å². The third-order valence-corrected chi connectivity index (χ3v) is 5.02. The molecule has 3 fully saturated rings. The summed E-state index contributed by atoms with van der Waals surface area (Å²) in [5, 5.41) is 11.0. The molecule has 88 valence electrons. The van der Waals surface area contributed by atoms with Gasteiger partial charge in [0.05, 0.1) is 6.10 Å². The van der Waals surface area contributed by atoms with Crippen molar-refractivity contribution >= 4 is 17.4 Å². The lowest BCUT2D eigenvalue weighted by Crippen LogP contribution is -2.41. The standard InChI is InChI=1S/C13H17ClO2/c1-6(14)11-7-2-3-8(11)13-10(16)5-4-9(15)12(7)13/h7-9,12-13,15H,2-5H2,1H3/b11-6+/t7-,8+,9+,12-,13+/m1/s1. The van der Waals surface area contributed by atoms with E-state index in [4.69, 9.17) is 11.6 Å². The first-order valence-corrected chi connectivity index (χ1v) is 6.56. The quantitative estimate of drug-likeness (QED) is 0.707. The Hall–Kier alpha value is -0.340. The molecule has 0 saturated heterocycles. The Morgan fingerprint density at radius 3 is 2.62 bits per heavy atom. The van der Waals surface area contributed by atoms with E-state index in [1.807, 2.05) is 6.92 Å². The molecule has 1 N–H and O–H groups in total. The van der Waals surface area contributed by atoms with Crippen molar-refractivity contribution in [2.75, 3.05) is 0 Å². The van der Waals surface area contributed by atoms with E-state index in [-0.39, 0.29) is 17.9 Å². The van der Waals surface area contributed by atoms with Crippen LogP contribution in [0.2, 0.25) is 0 Å². The van der Waals surface area contributed by atoms with Crippen LogP contribution in [0.25, 0.3) is 0 Å². The first-order chi connectivity index (χ1) is 7.61. The average molecular weight is 241 g/mol. The highest BCUT2D eigenvalue weighted by Crippen LogP contribution is 2.60. The van der Waals surface area contributed by atoms with Crippen molar-refractivity contribution in [3.63, 3.8) is 0 Å². The normalized spacial score (nSPS) is 49.4. The Morgan fingerprint density at radius 1 is 1.31 bits per heavy atom. The fourth-order valence-electron chi connectivity index (χ4n) is 4.34. The Labute approximate surface area is 101 Å². The van der Waals surface area contributed by atoms with E-state index in [1.54, 1.807) is 0 Å². The first kappa shape index (κ1) is 10.8. The van der Waals surface area contributed by atoms with Crippen molar-refractivity contribution < 1.29 is 9.90 Å². The van der Waals surface area contributed by atoms with Crippen molar-refractivity contribution in [2.45, 2.75) is 38.7 Å². The highest BCUT2D eigenvalue weighted by molar-refractivity contribution is 6.29. The molecular weight excluding hydrogens is 224 g/mol. The molecule has 0 amide bonds. The Bertz CT molecular complexity index is 370. The number of Topliss-reactive ketones (excluding diaryl/α,β-unsaturated/α-hetero) is 1. The number of carbonyl (C=O) groups excluding carboxylic acids is 1. The molecule has 16 heavy (non-hydrogen) atoms. The molecule has 3 aliphatic rings. The number of aliphatic hydroxyl groups is 1. The number of fused-ring (bicyclic) bond motifs is 5. The zero-order valence-corrected chi connectivity index (χ0v) is 10.2. The van der Waals surface area contributed by atoms with Gasteiger partial charge in [-0.3, -0.25) is 4.79 Å². The average Bonchev–Trinajstić information content (AvgIpc) is 2.79. The first-order valence-electron chi connectivity index (χ1n) is 6.18. The lowest BCUT2D eigenvalue weighted by molar-refractivity contribution is -0.133. The minimum Gasteiger partial charge on any atom is -0.393 e. The third kappa shape index (κ3) is 1.26. The summed E-state index contributed by atoms with van der Waals surface area (Å²) in [4.78, 5) is 12.0. The molecule has 3 heteroatoms. The van der Waals surface area contributed by atoms with Gasteiger partial charge in [-0.05, 0) is 43.6 Å². The summed E-state index contributed by atoms with van der Waals surface area (Å²) in [6.45, 7) is 1.93. The lowest BCUT2D eigenvalue weighted by atomic mass is 9.69. The van der Waals surface area contributed by atoms with Crippen LogP contribution in [0, 0.1) is 23.7 Å². The van der Waals surface area contributed by atoms with Crippen LogP contribution in [0.5, 0.6) is 0 Å². The molecule has 0 heterocycles. The van der Waals surface area contributed by atoms with Crippen LogP contribution in [0.3, 0.4) is 0 Å². The summed E-state index contributed by atoms with van der Waals surface area (Å²) in [6.07, 6.45) is 3.11. The van der Waals surface area contributed by atoms with Crippen LogP contribution in [0.4, 0.5) is 0 Å². The topological polar surface area (TPSA) is 37.3 Å². The summed E-state index contributed by atoms with van der Waals surface area (Å²) >= 11 is 6.16. The predicted molar refractivity (Wildman–Crippen MR) is 62.0 cm³/mol. The van der Waals surface area contributed by atoms with E-state index in [0.717, 1.165) is 17.9 Å². The van der Waals surface area contributed by atoms with Crippen molar-refractivity contribution in [1.29, 1.82) is 0 Å². The number of rotatable bonds is 0. The summed E-state index contributed by atoms with van der Waals surface area (Å²) in [6, 6.07) is 0. The van der Waals surface area contributed by atoms with E-state index in [0.29, 0.717) is 30.5 Å². The summed E-state index contributed by atoms with van der Waals surface area (Å²) in [5.74, 6) is 1.33. The molecule has 0 radical (unpaired) electrons. The third-order valence-electron chi connectivity index (χ3n) is 4.80. The maximum absolute atomic E-state index is 12.0. The Morgan fingerprint density at radius 2 is 2.00 bits per heavy atom. The van der Waals surface area contributed by atoms with Crippen LogP contribution < -0.4 is 0 Å². The fraction of sp³-hybridized carbons (Fsp3) is 0.769. The molecule has 3 aliphatic carbocycles. The molecule has 3 saturated carbocycles. The Kier molecular flexibility index (Phi) is 2.41. The number of aliphatic hydroxyl groups excluding tert-OH is 1. The number of carbonyl (C=O) groups is 1. The van der Waals surface area contributed by atoms with Gasteiger partial charge in [0.25, 0.3) is 0 Å². The van der Waals surface area contributed by atoms with Crippen molar-refractivity contribution in [2.24, 2.45) is 23.7 Å². The molecule has 0 unspecified atom stereocenters. The molecule has 3 rings (SSSR count). The monoisotopic (exact) mass is 240 g/mol. The summed E-state index contributed by atoms with van der Waals surface area (Å²) in [7, 11) is 0. The molecule has 2 bridgehead atoms. The number of halogens is 1. The number of hydrogen-bond acceptors (Lipinski definition) is 2. The maximum atomic E-state index is 12.0. The van der Waals surface area contributed by atoms with Crippen LogP contribution in [-0.2, 0) is 4.79 Å². The van der Waals surface area contributed by atoms with Gasteiger partial charge in [0.15, 0.2) is 0 Å². The van der Waals surface area contributed by atoms with E-state index in [2.05, 4.69) is 0 Å². The highest BCUT2D eigenvalue weighted by Gasteiger charge is 2.57. The molecule has 2 nitrogen and oxygen atoms in total. The number of ketones is 1. The van der Waals surface area contributed by atoms with Crippen molar-refractivity contribution in [1.82, 2.24) is 0 Å². The van der Waals surface area contributed by atoms with Gasteiger partial charge in [-0.1, -0.05) is 11.6 Å². The van der Waals surface area contributed by atoms with E-state index >= 15 is 0 Å². The molecule has 0 aromatic rings. The lowest BCUT2D eigenvalue weighted by Gasteiger charge is -2.36. The number of allylic oxidation sites excluding steroid dienone is 2. The van der Waals surface area contributed by atoms with Crippen LogP contribution in [0.1, 0.15) is 32.6 Å². The SMILES string of the molecule is C/C(Cl)=C1/[C@H]2CC[C@@H]1[C@H]1C(=O)CC[C@H](O)[C@H]12. The largest absolute Gasteiger partial charge is 0.393 e. The van der Waals surface area contributed by atoms with Gasteiger partial charge in [-0.25, -0.2) is 0 Å². The van der Waals surface area contributed by atoms with Gasteiger partial charge in [-0.15, -0.1) is 0 Å². The second-order valence-corrected chi connectivity index (χ2v) is 6.02. The van der Waals surface area contributed by atoms with Gasteiger partial charge in [0.2, 0.25) is 0 Å². The minimum absolute atomic E-state index is 0.0752. The van der Waals surface area contributed by atoms with E-state index in [1.165, 1.54) is 5.57 Å². The van der Waals surface area contributed by atoms with E-state index in [9.17, 15) is 9.90 Å². The van der Waals surface area contributed by atoms with Gasteiger partial charge >= 0.3 is 0 Å². The summed E-state index contributed by atoms with van der Waals surface area (Å²) in [5.41, 5.74) is 1.28. The second-order valence-electron chi connectivity index (χ2n) is 5.45. The minimum atomic E-state index is -0.288. The van der Waals surface area contributed by atoms with Gasteiger partial charge in [0.1, 0.15) is 5.78 Å². The summed E-state index contributed by atoms with van der Waals surface area (Å²) < 4.78 is 0. The number of hydrogen-bond donors (Lipinski definition) is 1. The van der Waals surface area contributed by atoms with Crippen molar-refractivity contribution in [3.8, 4) is 0 Å². The molecule has 0 aromatic carbocycles. The zero-order valence-electron chi connectivity index (χ0n) is 9.45. The second kappa shape index (κ2) is 3.58. The molecule has 5 atom stereocenters. The predicted octanol–water partition coefficient (Wildman–Crippen LogP) is 2.50. The van der Waals surface area contributed by atoms with Gasteiger partial charge in [-0.2, -0.15) is 0 Å².